The molecule has 2 heterocycles. The Morgan fingerprint density at radius 3 is 2.61 bits per heavy atom. The molecule has 2 rings (SSSR count). The highest BCUT2D eigenvalue weighted by molar-refractivity contribution is 6.22. The van der Waals surface area contributed by atoms with E-state index >= 15 is 0 Å². The molecule has 1 aromatic rings. The van der Waals surface area contributed by atoms with Gasteiger partial charge < -0.3 is 9.36 Å². The third-order valence-electron chi connectivity index (χ3n) is 3.65. The molecule has 1 aliphatic rings. The summed E-state index contributed by atoms with van der Waals surface area (Å²) in [4.78, 5) is 28.1. The van der Waals surface area contributed by atoms with E-state index in [-0.39, 0.29) is 0 Å². The van der Waals surface area contributed by atoms with Crippen molar-refractivity contribution in [2.75, 3.05) is 0 Å². The number of carbonyl (C=O) groups excluding carboxylic acids is 1. The Labute approximate surface area is 134 Å². The first-order valence-corrected chi connectivity index (χ1v) is 8.04. The average molecular weight is 318 g/mol. The Morgan fingerprint density at radius 1 is 1.13 bits per heavy atom. The number of rotatable bonds is 8. The van der Waals surface area contributed by atoms with Crippen molar-refractivity contribution in [3.63, 3.8) is 0 Å². The number of aromatic nitrogens is 1. The van der Waals surface area contributed by atoms with Gasteiger partial charge in [-0.1, -0.05) is 37.9 Å². The van der Waals surface area contributed by atoms with Crippen LogP contribution in [-0.2, 0) is 16.1 Å². The molecule has 6 heteroatoms. The summed E-state index contributed by atoms with van der Waals surface area (Å²) in [5, 5.41) is 6.46. The van der Waals surface area contributed by atoms with Crippen molar-refractivity contribution in [3.05, 3.63) is 39.4 Å². The number of nitrogens with one attached hydrogen (secondary N) is 1. The van der Waals surface area contributed by atoms with Gasteiger partial charge in [-0.25, -0.2) is 14.7 Å². The number of hydrogen-bond acceptors (Lipinski definition) is 5. The van der Waals surface area contributed by atoms with Gasteiger partial charge in [0.15, 0.2) is 0 Å². The molecule has 0 bridgehead atoms. The fourth-order valence-electron chi connectivity index (χ4n) is 2.29. The number of allylic oxidation sites excluding steroid dienone is 2. The number of hydrogen-bond donors (Lipinski definition) is 1. The zero-order chi connectivity index (χ0) is 16.7. The van der Waals surface area contributed by atoms with Crippen LogP contribution in [-0.4, -0.2) is 16.8 Å². The lowest BCUT2D eigenvalue weighted by molar-refractivity contribution is -0.136. The van der Waals surface area contributed by atoms with Crippen LogP contribution >= 0.6 is 0 Å². The Kier molecular flexibility index (Phi) is 6.14. The molecule has 0 spiro atoms. The van der Waals surface area contributed by atoms with Crippen molar-refractivity contribution in [2.45, 2.75) is 52.4 Å². The van der Waals surface area contributed by atoms with Gasteiger partial charge in [0.25, 0.3) is 0 Å². The number of aryl methyl sites for hydroxylation is 1. The molecule has 0 saturated heterocycles. The Bertz CT molecular complexity index is 692. The zero-order valence-corrected chi connectivity index (χ0v) is 13.6. The van der Waals surface area contributed by atoms with Crippen molar-refractivity contribution in [3.8, 4) is 0 Å². The Morgan fingerprint density at radius 2 is 1.87 bits per heavy atom. The van der Waals surface area contributed by atoms with Crippen molar-refractivity contribution in [1.29, 1.82) is 0 Å². The summed E-state index contributed by atoms with van der Waals surface area (Å²) < 4.78 is 4.84. The maximum atomic E-state index is 11.7. The molecule has 0 atom stereocenters. The van der Waals surface area contributed by atoms with E-state index in [0.717, 1.165) is 37.8 Å². The number of aromatic amines is 1. The molecule has 23 heavy (non-hydrogen) atoms. The quantitative estimate of drug-likeness (QED) is 0.588. The number of H-pyrrole nitrogens is 1. The molecular formula is C17H22N2O4. The molecule has 0 fully saturated rings. The molecule has 1 N–H and O–H groups in total. The number of oxime groups is 1. The van der Waals surface area contributed by atoms with E-state index in [1.807, 2.05) is 0 Å². The fourth-order valence-corrected chi connectivity index (χ4v) is 2.29. The van der Waals surface area contributed by atoms with E-state index in [9.17, 15) is 9.59 Å². The predicted molar refractivity (Wildman–Crippen MR) is 88.1 cm³/mol. The van der Waals surface area contributed by atoms with Crippen LogP contribution in [0.5, 0.6) is 0 Å². The summed E-state index contributed by atoms with van der Waals surface area (Å²) in [6.07, 6.45) is 10.4. The second-order valence-electron chi connectivity index (χ2n) is 5.45. The number of unbranched alkanes of at least 4 members (excludes halogenated alkanes) is 2. The van der Waals surface area contributed by atoms with Crippen LogP contribution < -0.4 is 5.63 Å². The predicted octanol–water partition coefficient (Wildman–Crippen LogP) is 3.35. The summed E-state index contributed by atoms with van der Waals surface area (Å²) in [7, 11) is 0. The summed E-state index contributed by atoms with van der Waals surface area (Å²) in [5.74, 6) is -0.451. The first kappa shape index (κ1) is 17.0. The average Bonchev–Trinajstić information content (AvgIpc) is 3.07. The normalized spacial score (nSPS) is 16.3. The highest BCUT2D eigenvalue weighted by atomic mass is 16.7. The maximum Gasteiger partial charge on any atom is 0.367 e. The topological polar surface area (TPSA) is 84.7 Å². The molecule has 124 valence electrons. The maximum absolute atomic E-state index is 11.7. The molecular weight excluding hydrogens is 296 g/mol. The summed E-state index contributed by atoms with van der Waals surface area (Å²) in [6.45, 7) is 4.16. The summed E-state index contributed by atoms with van der Waals surface area (Å²) in [6, 6.07) is 0. The minimum Gasteiger partial charge on any atom is -0.338 e. The molecule has 0 aliphatic carbocycles. The van der Waals surface area contributed by atoms with Crippen molar-refractivity contribution in [1.82, 2.24) is 5.16 Å². The lowest BCUT2D eigenvalue weighted by Crippen LogP contribution is -2.05. The first-order chi connectivity index (χ1) is 11.2. The van der Waals surface area contributed by atoms with Crippen LogP contribution in [0.2, 0.25) is 0 Å². The zero-order valence-electron chi connectivity index (χ0n) is 13.6. The molecule has 0 radical (unpaired) electrons. The van der Waals surface area contributed by atoms with Gasteiger partial charge in [-0.05, 0) is 37.8 Å². The molecule has 6 nitrogen and oxygen atoms in total. The van der Waals surface area contributed by atoms with Crippen LogP contribution in [0.15, 0.2) is 32.2 Å². The van der Waals surface area contributed by atoms with Crippen LogP contribution in [0.1, 0.15) is 57.2 Å². The van der Waals surface area contributed by atoms with Gasteiger partial charge in [-0.2, -0.15) is 0 Å². The lowest BCUT2D eigenvalue weighted by Gasteiger charge is -1.97. The van der Waals surface area contributed by atoms with Crippen molar-refractivity contribution in [2.24, 2.45) is 5.16 Å². The Hall–Kier alpha value is -2.37. The van der Waals surface area contributed by atoms with E-state index in [0.29, 0.717) is 23.3 Å². The van der Waals surface area contributed by atoms with Crippen LogP contribution in [0.3, 0.4) is 0 Å². The van der Waals surface area contributed by atoms with Gasteiger partial charge >= 0.3 is 11.6 Å². The smallest absolute Gasteiger partial charge is 0.338 e. The SMILES string of the molecule is CCCCC1=NOC(=O)/C1=C\C=C\c1c(CCCC)[nH]oc1=O. The third-order valence-corrected chi connectivity index (χ3v) is 3.65. The Balaban J connectivity index is 2.14. The van der Waals surface area contributed by atoms with E-state index in [2.05, 4.69) is 24.2 Å². The highest BCUT2D eigenvalue weighted by Crippen LogP contribution is 2.16. The van der Waals surface area contributed by atoms with Crippen LogP contribution in [0, 0.1) is 0 Å². The minimum absolute atomic E-state index is 0.403. The molecule has 0 amide bonds. The van der Waals surface area contributed by atoms with Gasteiger partial charge in [0.1, 0.15) is 0 Å². The van der Waals surface area contributed by atoms with Gasteiger partial charge in [0.05, 0.1) is 22.5 Å². The van der Waals surface area contributed by atoms with E-state index in [1.165, 1.54) is 0 Å². The van der Waals surface area contributed by atoms with E-state index < -0.39 is 11.6 Å². The van der Waals surface area contributed by atoms with Crippen molar-refractivity contribution >= 4 is 17.8 Å². The fraction of sp³-hybridized carbons (Fsp3) is 0.471. The largest absolute Gasteiger partial charge is 0.367 e. The molecule has 0 aromatic carbocycles. The third kappa shape index (κ3) is 4.31. The van der Waals surface area contributed by atoms with Gasteiger partial charge in [0, 0.05) is 0 Å². The van der Waals surface area contributed by atoms with Gasteiger partial charge in [-0.3, -0.25) is 0 Å². The van der Waals surface area contributed by atoms with Crippen LogP contribution in [0.4, 0.5) is 0 Å². The summed E-state index contributed by atoms with van der Waals surface area (Å²) >= 11 is 0. The molecule has 0 saturated carbocycles. The molecule has 1 aromatic heterocycles. The van der Waals surface area contributed by atoms with Crippen molar-refractivity contribution < 1.29 is 14.2 Å². The monoisotopic (exact) mass is 318 g/mol. The second-order valence-corrected chi connectivity index (χ2v) is 5.45. The van der Waals surface area contributed by atoms with E-state index in [4.69, 9.17) is 9.36 Å². The summed E-state index contributed by atoms with van der Waals surface area (Å²) in [5.41, 5.74) is 1.98. The van der Waals surface area contributed by atoms with Crippen LogP contribution in [0.25, 0.3) is 6.08 Å². The van der Waals surface area contributed by atoms with Gasteiger partial charge in [0.2, 0.25) is 0 Å². The van der Waals surface area contributed by atoms with E-state index in [1.54, 1.807) is 18.2 Å². The number of carbonyl (C=O) groups is 1. The lowest BCUT2D eigenvalue weighted by atomic mass is 10.0. The minimum atomic E-state index is -0.451. The molecule has 0 unspecified atom stereocenters. The highest BCUT2D eigenvalue weighted by Gasteiger charge is 2.23. The second kappa shape index (κ2) is 8.31. The molecule has 1 aliphatic heterocycles. The first-order valence-electron chi connectivity index (χ1n) is 8.04. The number of nitrogens with zero attached hydrogens (tertiary/aromatic N) is 1. The van der Waals surface area contributed by atoms with Gasteiger partial charge in [-0.15, -0.1) is 0 Å². The standard InChI is InChI=1S/C17H22N2O4/c1-3-5-10-14-12(16(20)22-18-14)8-7-9-13-15(11-6-4-2)19-23-17(13)21/h7-9,18H,3-6,10-11H2,1-2H3/b8-7+,13-9-.